The topological polar surface area (TPSA) is 126 Å². The number of carbonyl (C=O) groups is 1. The van der Waals surface area contributed by atoms with Gasteiger partial charge < -0.3 is 16.4 Å². The fourth-order valence-corrected chi connectivity index (χ4v) is 3.49. The van der Waals surface area contributed by atoms with Crippen LogP contribution in [0.15, 0.2) is 59.6 Å². The van der Waals surface area contributed by atoms with Crippen molar-refractivity contribution < 1.29 is 22.0 Å². The molecule has 11 heteroatoms. The van der Waals surface area contributed by atoms with Gasteiger partial charge in [0.25, 0.3) is 5.91 Å². The Morgan fingerprint density at radius 2 is 1.71 bits per heavy atom. The van der Waals surface area contributed by atoms with Crippen molar-refractivity contribution in [1.82, 2.24) is 9.71 Å². The van der Waals surface area contributed by atoms with Gasteiger partial charge in [-0.15, -0.1) is 0 Å². The van der Waals surface area contributed by atoms with Gasteiger partial charge in [-0.2, -0.15) is 0 Å². The van der Waals surface area contributed by atoms with E-state index in [4.69, 9.17) is 5.73 Å². The first kappa shape index (κ1) is 22.1. The SMILES string of the molecule is CNS(=O)(=O)c1ccc(Nc2cc(NCc3cc(F)cc(F)c3)c(C(N)=O)cn2)cc1. The first-order chi connectivity index (χ1) is 14.7. The van der Waals surface area contributed by atoms with E-state index >= 15 is 0 Å². The molecule has 0 aliphatic carbocycles. The molecule has 0 saturated carbocycles. The molecule has 0 spiro atoms. The Bertz CT molecular complexity index is 1200. The minimum Gasteiger partial charge on any atom is -0.380 e. The zero-order chi connectivity index (χ0) is 22.6. The summed E-state index contributed by atoms with van der Waals surface area (Å²) in [7, 11) is -2.24. The van der Waals surface area contributed by atoms with Gasteiger partial charge in [0.1, 0.15) is 17.5 Å². The second-order valence-corrected chi connectivity index (χ2v) is 8.35. The molecule has 0 fully saturated rings. The van der Waals surface area contributed by atoms with E-state index in [2.05, 4.69) is 20.3 Å². The number of hydrogen-bond donors (Lipinski definition) is 4. The van der Waals surface area contributed by atoms with Gasteiger partial charge in [0.05, 0.1) is 16.1 Å². The van der Waals surface area contributed by atoms with E-state index in [-0.39, 0.29) is 17.0 Å². The lowest BCUT2D eigenvalue weighted by Gasteiger charge is -2.13. The van der Waals surface area contributed by atoms with Gasteiger partial charge in [0.2, 0.25) is 10.0 Å². The smallest absolute Gasteiger partial charge is 0.252 e. The molecule has 0 saturated heterocycles. The molecule has 0 atom stereocenters. The number of carbonyl (C=O) groups excluding carboxylic acids is 1. The van der Waals surface area contributed by atoms with E-state index < -0.39 is 27.6 Å². The number of nitrogens with zero attached hydrogens (tertiary/aromatic N) is 1. The number of amides is 1. The van der Waals surface area contributed by atoms with Crippen LogP contribution in [-0.4, -0.2) is 26.4 Å². The van der Waals surface area contributed by atoms with Crippen molar-refractivity contribution in [3.8, 4) is 0 Å². The number of hydrogen-bond acceptors (Lipinski definition) is 6. The third-order valence-electron chi connectivity index (χ3n) is 4.28. The summed E-state index contributed by atoms with van der Waals surface area (Å²) >= 11 is 0. The highest BCUT2D eigenvalue weighted by atomic mass is 32.2. The molecule has 1 amide bonds. The summed E-state index contributed by atoms with van der Waals surface area (Å²) in [6, 6.07) is 10.6. The minimum atomic E-state index is -3.56. The summed E-state index contributed by atoms with van der Waals surface area (Å²) in [4.78, 5) is 15.9. The number of benzene rings is 2. The van der Waals surface area contributed by atoms with E-state index in [9.17, 15) is 22.0 Å². The van der Waals surface area contributed by atoms with Crippen LogP contribution in [-0.2, 0) is 16.6 Å². The standard InChI is InChI=1S/C20H19F2N5O3S/c1-24-31(29,30)16-4-2-15(3-5-16)27-19-9-18(17(11-26-19)20(23)28)25-10-12-6-13(21)8-14(22)7-12/h2-9,11,24H,10H2,1H3,(H2,23,28)(H2,25,26,27). The van der Waals surface area contributed by atoms with Gasteiger partial charge in [-0.05, 0) is 49.0 Å². The number of aromatic nitrogens is 1. The number of primary amides is 1. The van der Waals surface area contributed by atoms with Gasteiger partial charge in [0, 0.05) is 30.6 Å². The van der Waals surface area contributed by atoms with E-state index in [0.29, 0.717) is 22.8 Å². The highest BCUT2D eigenvalue weighted by Gasteiger charge is 2.13. The Kier molecular flexibility index (Phi) is 6.47. The normalized spacial score (nSPS) is 11.2. The van der Waals surface area contributed by atoms with Crippen LogP contribution in [0.3, 0.4) is 0 Å². The number of sulfonamides is 1. The summed E-state index contributed by atoms with van der Waals surface area (Å²) in [6.45, 7) is 0.0367. The van der Waals surface area contributed by atoms with E-state index in [0.717, 1.165) is 6.07 Å². The van der Waals surface area contributed by atoms with Crippen molar-refractivity contribution in [3.05, 3.63) is 77.5 Å². The molecule has 0 unspecified atom stereocenters. The molecule has 0 aliphatic heterocycles. The van der Waals surface area contributed by atoms with E-state index in [1.807, 2.05) is 0 Å². The Hall–Kier alpha value is -3.57. The summed E-state index contributed by atoms with van der Waals surface area (Å²) < 4.78 is 52.6. The number of nitrogens with one attached hydrogen (secondary N) is 3. The number of rotatable bonds is 8. The zero-order valence-corrected chi connectivity index (χ0v) is 17.1. The highest BCUT2D eigenvalue weighted by Crippen LogP contribution is 2.23. The maximum Gasteiger partial charge on any atom is 0.252 e. The van der Waals surface area contributed by atoms with Crippen molar-refractivity contribution in [3.63, 3.8) is 0 Å². The van der Waals surface area contributed by atoms with Crippen molar-refractivity contribution in [2.45, 2.75) is 11.4 Å². The Morgan fingerprint density at radius 1 is 1.06 bits per heavy atom. The van der Waals surface area contributed by atoms with Gasteiger partial charge in [-0.1, -0.05) is 0 Å². The molecular weight excluding hydrogens is 428 g/mol. The van der Waals surface area contributed by atoms with Crippen LogP contribution in [0.2, 0.25) is 0 Å². The predicted molar refractivity (Wildman–Crippen MR) is 112 cm³/mol. The molecule has 31 heavy (non-hydrogen) atoms. The van der Waals surface area contributed by atoms with Crippen molar-refractivity contribution in [2.75, 3.05) is 17.7 Å². The molecule has 5 N–H and O–H groups in total. The van der Waals surface area contributed by atoms with Gasteiger partial charge in [-0.25, -0.2) is 26.9 Å². The van der Waals surface area contributed by atoms with Crippen LogP contribution in [0.4, 0.5) is 26.0 Å². The average Bonchev–Trinajstić information content (AvgIpc) is 2.72. The fraction of sp³-hybridized carbons (Fsp3) is 0.100. The molecule has 0 bridgehead atoms. The van der Waals surface area contributed by atoms with Crippen LogP contribution in [0.1, 0.15) is 15.9 Å². The largest absolute Gasteiger partial charge is 0.380 e. The van der Waals surface area contributed by atoms with E-state index in [1.165, 1.54) is 43.6 Å². The second kappa shape index (κ2) is 9.06. The Morgan fingerprint density at radius 3 is 2.29 bits per heavy atom. The van der Waals surface area contributed by atoms with Crippen LogP contribution < -0.4 is 21.1 Å². The minimum absolute atomic E-state index is 0.0367. The van der Waals surface area contributed by atoms with Crippen molar-refractivity contribution >= 4 is 33.1 Å². The monoisotopic (exact) mass is 447 g/mol. The summed E-state index contributed by atoms with van der Waals surface area (Å²) in [5, 5.41) is 5.91. The third kappa shape index (κ3) is 5.53. The van der Waals surface area contributed by atoms with Crippen LogP contribution in [0.5, 0.6) is 0 Å². The molecule has 3 rings (SSSR count). The lowest BCUT2D eigenvalue weighted by atomic mass is 10.1. The Balaban J connectivity index is 1.81. The van der Waals surface area contributed by atoms with Gasteiger partial charge >= 0.3 is 0 Å². The van der Waals surface area contributed by atoms with Crippen molar-refractivity contribution in [2.24, 2.45) is 5.73 Å². The van der Waals surface area contributed by atoms with E-state index in [1.54, 1.807) is 12.1 Å². The number of nitrogens with two attached hydrogens (primary N) is 1. The lowest BCUT2D eigenvalue weighted by Crippen LogP contribution is -2.18. The first-order valence-corrected chi connectivity index (χ1v) is 10.5. The van der Waals surface area contributed by atoms with Crippen LogP contribution in [0, 0.1) is 11.6 Å². The van der Waals surface area contributed by atoms with Gasteiger partial charge in [0.15, 0.2) is 0 Å². The molecule has 0 aliphatic rings. The number of halogens is 2. The molecule has 1 aromatic heterocycles. The molecule has 0 radical (unpaired) electrons. The molecule has 2 aromatic carbocycles. The summed E-state index contributed by atoms with van der Waals surface area (Å²) in [5.41, 5.74) is 6.67. The lowest BCUT2D eigenvalue weighted by molar-refractivity contribution is 0.100. The van der Waals surface area contributed by atoms with Gasteiger partial charge in [-0.3, -0.25) is 4.79 Å². The molecule has 1 heterocycles. The highest BCUT2D eigenvalue weighted by molar-refractivity contribution is 7.89. The second-order valence-electron chi connectivity index (χ2n) is 6.47. The molecular formula is C20H19F2N5O3S. The number of anilines is 3. The maximum atomic E-state index is 13.4. The van der Waals surface area contributed by atoms with Crippen molar-refractivity contribution in [1.29, 1.82) is 0 Å². The molecule has 8 nitrogen and oxygen atoms in total. The summed E-state index contributed by atoms with van der Waals surface area (Å²) in [6.07, 6.45) is 1.26. The summed E-state index contributed by atoms with van der Waals surface area (Å²) in [5.74, 6) is -1.82. The maximum absolute atomic E-state index is 13.4. The number of pyridine rings is 1. The van der Waals surface area contributed by atoms with Crippen LogP contribution >= 0.6 is 0 Å². The molecule has 162 valence electrons. The molecule has 3 aromatic rings. The average molecular weight is 447 g/mol. The zero-order valence-electron chi connectivity index (χ0n) is 16.3. The van der Waals surface area contributed by atoms with Crippen LogP contribution in [0.25, 0.3) is 0 Å². The predicted octanol–water partition coefficient (Wildman–Crippen LogP) is 2.72. The Labute approximate surface area is 177 Å². The fourth-order valence-electron chi connectivity index (χ4n) is 2.76. The quantitative estimate of drug-likeness (QED) is 0.421. The first-order valence-electron chi connectivity index (χ1n) is 8.97. The third-order valence-corrected chi connectivity index (χ3v) is 5.71.